The predicted molar refractivity (Wildman–Crippen MR) is 65.2 cm³/mol. The number of hydrogen-bond acceptors (Lipinski definition) is 2. The highest BCUT2D eigenvalue weighted by atomic mass is 16.6. The molecule has 0 radical (unpaired) electrons. The number of hydrogen-bond donors (Lipinski definition) is 1. The van der Waals surface area contributed by atoms with Crippen molar-refractivity contribution in [3.63, 3.8) is 0 Å². The van der Waals surface area contributed by atoms with Crippen LogP contribution in [0.15, 0.2) is 18.2 Å². The van der Waals surface area contributed by atoms with Crippen molar-refractivity contribution >= 4 is 6.09 Å². The molecule has 0 atom stereocenters. The van der Waals surface area contributed by atoms with Crippen molar-refractivity contribution in [3.8, 4) is 5.75 Å². The molecule has 3 nitrogen and oxygen atoms in total. The largest absolute Gasteiger partial charge is 0.413 e. The van der Waals surface area contributed by atoms with Gasteiger partial charge >= 0.3 is 6.09 Å². The van der Waals surface area contributed by atoms with Gasteiger partial charge < -0.3 is 10.1 Å². The smallest absolute Gasteiger partial charge is 0.410 e. The average Bonchev–Trinajstić information content (AvgIpc) is 2.96. The molecule has 90 valence electrons. The van der Waals surface area contributed by atoms with E-state index in [1.54, 1.807) is 0 Å². The van der Waals surface area contributed by atoms with Crippen LogP contribution in [-0.4, -0.2) is 6.09 Å². The van der Waals surface area contributed by atoms with Gasteiger partial charge in [0.1, 0.15) is 5.75 Å². The topological polar surface area (TPSA) is 38.3 Å². The second-order valence-electron chi connectivity index (χ2n) is 6.06. The molecule has 1 aliphatic heterocycles. The van der Waals surface area contributed by atoms with Crippen LogP contribution >= 0.6 is 0 Å². The van der Waals surface area contributed by atoms with Gasteiger partial charge in [-0.3, -0.25) is 0 Å². The summed E-state index contributed by atoms with van der Waals surface area (Å²) in [5, 5.41) is 2.94. The van der Waals surface area contributed by atoms with Crippen molar-refractivity contribution in [3.05, 3.63) is 29.3 Å². The molecular formula is C14H17NO2. The Bertz CT molecular complexity index is 495. The van der Waals surface area contributed by atoms with E-state index in [4.69, 9.17) is 4.74 Å². The maximum Gasteiger partial charge on any atom is 0.413 e. The number of amides is 1. The number of benzene rings is 1. The van der Waals surface area contributed by atoms with Crippen molar-refractivity contribution in [2.45, 2.75) is 44.6 Å². The third-order valence-electron chi connectivity index (χ3n) is 3.66. The van der Waals surface area contributed by atoms with Gasteiger partial charge in [-0.25, -0.2) is 4.79 Å². The molecule has 0 saturated heterocycles. The molecule has 3 heteroatoms. The Kier molecular flexibility index (Phi) is 1.90. The monoisotopic (exact) mass is 231 g/mol. The Morgan fingerprint density at radius 3 is 2.59 bits per heavy atom. The first-order chi connectivity index (χ1) is 7.91. The van der Waals surface area contributed by atoms with Crippen molar-refractivity contribution in [1.82, 2.24) is 5.32 Å². The molecule has 1 spiro atoms. The van der Waals surface area contributed by atoms with Crippen LogP contribution in [0.25, 0.3) is 0 Å². The van der Waals surface area contributed by atoms with Gasteiger partial charge in [0, 0.05) is 5.56 Å². The minimum absolute atomic E-state index is 0.118. The lowest BCUT2D eigenvalue weighted by Gasteiger charge is -2.28. The normalized spacial score (nSPS) is 20.5. The Morgan fingerprint density at radius 2 is 2.00 bits per heavy atom. The van der Waals surface area contributed by atoms with Crippen LogP contribution in [0.2, 0.25) is 0 Å². The number of carbonyl (C=O) groups is 1. The van der Waals surface area contributed by atoms with E-state index in [1.165, 1.54) is 5.56 Å². The molecule has 1 heterocycles. The molecule has 1 N–H and O–H groups in total. The molecule has 1 aliphatic carbocycles. The highest BCUT2D eigenvalue weighted by molar-refractivity contribution is 5.76. The van der Waals surface area contributed by atoms with E-state index in [-0.39, 0.29) is 17.0 Å². The molecule has 1 amide bonds. The zero-order valence-corrected chi connectivity index (χ0v) is 10.5. The number of fused-ring (bicyclic) bond motifs is 2. The van der Waals surface area contributed by atoms with E-state index >= 15 is 0 Å². The SMILES string of the molecule is CC(C)(C)c1ccc2c(c1)C1(CC1)NC(=O)O2. The molecule has 2 aliphatic rings. The Labute approximate surface area is 101 Å². The van der Waals surface area contributed by atoms with Gasteiger partial charge in [-0.15, -0.1) is 0 Å². The quantitative estimate of drug-likeness (QED) is 0.745. The van der Waals surface area contributed by atoms with Crippen LogP contribution in [0.4, 0.5) is 4.79 Å². The summed E-state index contributed by atoms with van der Waals surface area (Å²) in [6.07, 6.45) is 1.71. The maximum atomic E-state index is 11.4. The van der Waals surface area contributed by atoms with E-state index in [9.17, 15) is 4.79 Å². The zero-order chi connectivity index (χ0) is 12.3. The van der Waals surface area contributed by atoms with Crippen molar-refractivity contribution < 1.29 is 9.53 Å². The Hall–Kier alpha value is -1.51. The van der Waals surface area contributed by atoms with E-state index in [0.29, 0.717) is 0 Å². The molecule has 0 unspecified atom stereocenters. The average molecular weight is 231 g/mol. The molecule has 0 aromatic heterocycles. The third-order valence-corrected chi connectivity index (χ3v) is 3.66. The summed E-state index contributed by atoms with van der Waals surface area (Å²) in [6, 6.07) is 6.16. The molecule has 17 heavy (non-hydrogen) atoms. The molecule has 0 bridgehead atoms. The third kappa shape index (κ3) is 1.61. The fraction of sp³-hybridized carbons (Fsp3) is 0.500. The summed E-state index contributed by atoms with van der Waals surface area (Å²) < 4.78 is 5.23. The lowest BCUT2D eigenvalue weighted by Crippen LogP contribution is -2.41. The van der Waals surface area contributed by atoms with Gasteiger partial charge in [0.25, 0.3) is 0 Å². The fourth-order valence-corrected chi connectivity index (χ4v) is 2.37. The molecular weight excluding hydrogens is 214 g/mol. The summed E-state index contributed by atoms with van der Waals surface area (Å²) in [6.45, 7) is 6.57. The first-order valence-corrected chi connectivity index (χ1v) is 6.06. The summed E-state index contributed by atoms with van der Waals surface area (Å²) in [7, 11) is 0. The highest BCUT2D eigenvalue weighted by Gasteiger charge is 2.50. The number of ether oxygens (including phenoxy) is 1. The van der Waals surface area contributed by atoms with E-state index < -0.39 is 0 Å². The van der Waals surface area contributed by atoms with Gasteiger partial charge in [-0.2, -0.15) is 0 Å². The minimum atomic E-state index is -0.321. The molecule has 1 aromatic carbocycles. The zero-order valence-electron chi connectivity index (χ0n) is 10.5. The Morgan fingerprint density at radius 1 is 1.29 bits per heavy atom. The minimum Gasteiger partial charge on any atom is -0.410 e. The number of nitrogens with one attached hydrogen (secondary N) is 1. The molecule has 3 rings (SSSR count). The second-order valence-corrected chi connectivity index (χ2v) is 6.06. The van der Waals surface area contributed by atoms with Crippen LogP contribution in [0.1, 0.15) is 44.7 Å². The summed E-state index contributed by atoms with van der Waals surface area (Å²) in [4.78, 5) is 11.4. The van der Waals surface area contributed by atoms with Crippen LogP contribution in [0, 0.1) is 0 Å². The van der Waals surface area contributed by atoms with E-state index in [0.717, 1.165) is 24.2 Å². The van der Waals surface area contributed by atoms with Crippen LogP contribution in [-0.2, 0) is 11.0 Å². The predicted octanol–water partition coefficient (Wildman–Crippen LogP) is 3.08. The molecule has 1 aromatic rings. The molecule has 1 saturated carbocycles. The van der Waals surface area contributed by atoms with Gasteiger partial charge in [-0.05, 0) is 36.0 Å². The van der Waals surface area contributed by atoms with Crippen LogP contribution < -0.4 is 10.1 Å². The highest BCUT2D eigenvalue weighted by Crippen LogP contribution is 2.51. The first kappa shape index (κ1) is 10.6. The standard InChI is InChI=1S/C14H17NO2/c1-13(2,3)9-4-5-11-10(8-9)14(6-7-14)15-12(16)17-11/h4-5,8H,6-7H2,1-3H3,(H,15,16). The summed E-state index contributed by atoms with van der Waals surface area (Å²) in [5.41, 5.74) is 2.41. The van der Waals surface area contributed by atoms with Crippen molar-refractivity contribution in [2.75, 3.05) is 0 Å². The Balaban J connectivity index is 2.11. The summed E-state index contributed by atoms with van der Waals surface area (Å²) >= 11 is 0. The van der Waals surface area contributed by atoms with Crippen LogP contribution in [0.3, 0.4) is 0 Å². The number of carbonyl (C=O) groups excluding carboxylic acids is 1. The first-order valence-electron chi connectivity index (χ1n) is 6.06. The van der Waals surface area contributed by atoms with E-state index in [1.807, 2.05) is 12.1 Å². The lowest BCUT2D eigenvalue weighted by molar-refractivity contribution is 0.186. The second kappa shape index (κ2) is 3.03. The number of rotatable bonds is 0. The van der Waals surface area contributed by atoms with Crippen molar-refractivity contribution in [1.29, 1.82) is 0 Å². The lowest BCUT2D eigenvalue weighted by atomic mass is 9.84. The van der Waals surface area contributed by atoms with Crippen LogP contribution in [0.5, 0.6) is 5.75 Å². The fourth-order valence-electron chi connectivity index (χ4n) is 2.37. The van der Waals surface area contributed by atoms with Gasteiger partial charge in [-0.1, -0.05) is 26.8 Å². The van der Waals surface area contributed by atoms with Gasteiger partial charge in [0.05, 0.1) is 5.54 Å². The van der Waals surface area contributed by atoms with Gasteiger partial charge in [0.15, 0.2) is 0 Å². The van der Waals surface area contributed by atoms with Gasteiger partial charge in [0.2, 0.25) is 0 Å². The summed E-state index contributed by atoms with van der Waals surface area (Å²) in [5.74, 6) is 0.722. The van der Waals surface area contributed by atoms with Crippen molar-refractivity contribution in [2.24, 2.45) is 0 Å². The molecule has 1 fully saturated rings. The maximum absolute atomic E-state index is 11.4. The van der Waals surface area contributed by atoms with E-state index in [2.05, 4.69) is 32.2 Å².